The smallest absolute Gasteiger partial charge is 0.357 e. The lowest BCUT2D eigenvalue weighted by molar-refractivity contribution is 0.298. The summed E-state index contributed by atoms with van der Waals surface area (Å²) >= 11 is 0. The molecule has 1 aromatic heterocycles. The van der Waals surface area contributed by atoms with Crippen LogP contribution in [0, 0.1) is 5.92 Å². The number of H-pyrrole nitrogens is 1. The van der Waals surface area contributed by atoms with Gasteiger partial charge in [0.2, 0.25) is 0 Å². The van der Waals surface area contributed by atoms with E-state index in [1.165, 1.54) is 18.9 Å². The van der Waals surface area contributed by atoms with Gasteiger partial charge in [-0.05, 0) is 55.2 Å². The normalized spacial score (nSPS) is 13.7. The van der Waals surface area contributed by atoms with Gasteiger partial charge >= 0.3 is 5.63 Å². The second-order valence-electron chi connectivity index (χ2n) is 5.94. The Balaban J connectivity index is 1.44. The first-order valence-corrected chi connectivity index (χ1v) is 7.96. The zero-order chi connectivity index (χ0) is 16.4. The van der Waals surface area contributed by atoms with Gasteiger partial charge in [-0.25, -0.2) is 9.95 Å². The van der Waals surface area contributed by atoms with Crippen LogP contribution in [0.25, 0.3) is 11.3 Å². The Morgan fingerprint density at radius 1 is 1.00 bits per heavy atom. The minimum absolute atomic E-state index is 0.395. The number of aromatic nitrogens is 1. The third kappa shape index (κ3) is 3.51. The Kier molecular flexibility index (Phi) is 3.83. The highest BCUT2D eigenvalue weighted by Crippen LogP contribution is 2.31. The molecule has 1 heterocycles. The van der Waals surface area contributed by atoms with Crippen molar-refractivity contribution in [1.82, 2.24) is 5.16 Å². The summed E-state index contributed by atoms with van der Waals surface area (Å²) in [6.45, 7) is 0.779. The van der Waals surface area contributed by atoms with E-state index in [9.17, 15) is 4.79 Å². The highest BCUT2D eigenvalue weighted by molar-refractivity contribution is 5.59. The van der Waals surface area contributed by atoms with Crippen LogP contribution in [0.5, 0.6) is 17.2 Å². The van der Waals surface area contributed by atoms with Gasteiger partial charge in [0.05, 0.1) is 18.4 Å². The predicted octanol–water partition coefficient (Wildman–Crippen LogP) is 4.22. The Bertz CT molecular complexity index is 875. The number of rotatable bonds is 6. The monoisotopic (exact) mass is 323 g/mol. The Morgan fingerprint density at radius 2 is 1.79 bits per heavy atom. The topological polar surface area (TPSA) is 64.5 Å². The average Bonchev–Trinajstić information content (AvgIpc) is 3.34. The van der Waals surface area contributed by atoms with Gasteiger partial charge in [-0.2, -0.15) is 0 Å². The zero-order valence-electron chi connectivity index (χ0n) is 13.0. The predicted molar refractivity (Wildman–Crippen MR) is 89.5 cm³/mol. The molecule has 0 atom stereocenters. The lowest BCUT2D eigenvalue weighted by Gasteiger charge is -2.09. The number of hydrogen-bond donors (Lipinski definition) is 1. The van der Waals surface area contributed by atoms with Crippen LogP contribution >= 0.6 is 0 Å². The molecule has 2 aromatic carbocycles. The molecule has 5 heteroatoms. The Hall–Kier alpha value is -2.95. The molecular weight excluding hydrogens is 306 g/mol. The fourth-order valence-corrected chi connectivity index (χ4v) is 2.39. The van der Waals surface area contributed by atoms with E-state index in [-0.39, 0.29) is 0 Å². The van der Waals surface area contributed by atoms with Crippen LogP contribution in [-0.4, -0.2) is 11.8 Å². The molecule has 4 rings (SSSR count). The van der Waals surface area contributed by atoms with Crippen LogP contribution in [0.2, 0.25) is 0 Å². The third-order valence-corrected chi connectivity index (χ3v) is 3.91. The van der Waals surface area contributed by atoms with Crippen LogP contribution in [-0.2, 0) is 0 Å². The highest BCUT2D eigenvalue weighted by atomic mass is 16.5. The van der Waals surface area contributed by atoms with Crippen LogP contribution in [0.15, 0.2) is 63.9 Å². The number of benzene rings is 2. The van der Waals surface area contributed by atoms with Crippen molar-refractivity contribution in [1.29, 1.82) is 0 Å². The molecule has 1 N–H and O–H groups in total. The molecule has 24 heavy (non-hydrogen) atoms. The first-order valence-electron chi connectivity index (χ1n) is 7.96. The zero-order valence-corrected chi connectivity index (χ0v) is 13.0. The SMILES string of the molecule is O=c1cc(-c2ccc(Oc3cccc(OCC4CC4)c3)cc2)[nH]o1. The third-order valence-electron chi connectivity index (χ3n) is 3.91. The molecule has 0 radical (unpaired) electrons. The molecule has 3 aromatic rings. The summed E-state index contributed by atoms with van der Waals surface area (Å²) in [4.78, 5) is 11.1. The van der Waals surface area contributed by atoms with E-state index in [2.05, 4.69) is 9.68 Å². The fraction of sp³-hybridized carbons (Fsp3) is 0.211. The van der Waals surface area contributed by atoms with E-state index in [4.69, 9.17) is 9.47 Å². The van der Waals surface area contributed by atoms with Gasteiger partial charge in [0.15, 0.2) is 0 Å². The van der Waals surface area contributed by atoms with Crippen LogP contribution in [0.3, 0.4) is 0 Å². The van der Waals surface area contributed by atoms with Crippen molar-refractivity contribution in [3.63, 3.8) is 0 Å². The summed E-state index contributed by atoms with van der Waals surface area (Å²) in [5.41, 5.74) is 1.10. The molecule has 0 aliphatic heterocycles. The van der Waals surface area contributed by atoms with Gasteiger partial charge in [0, 0.05) is 11.6 Å². The number of nitrogens with one attached hydrogen (secondary N) is 1. The molecule has 0 amide bonds. The molecule has 5 nitrogen and oxygen atoms in total. The van der Waals surface area contributed by atoms with Gasteiger partial charge in [-0.3, -0.25) is 0 Å². The Morgan fingerprint density at radius 3 is 2.50 bits per heavy atom. The maximum absolute atomic E-state index is 11.1. The maximum Gasteiger partial charge on any atom is 0.357 e. The first-order chi connectivity index (χ1) is 11.8. The van der Waals surface area contributed by atoms with Crippen molar-refractivity contribution in [2.24, 2.45) is 5.92 Å². The molecule has 0 unspecified atom stereocenters. The minimum Gasteiger partial charge on any atom is -0.493 e. The lowest BCUT2D eigenvalue weighted by atomic mass is 10.1. The minimum atomic E-state index is -0.395. The molecule has 0 saturated heterocycles. The first kappa shape index (κ1) is 14.6. The van der Waals surface area contributed by atoms with E-state index >= 15 is 0 Å². The second kappa shape index (κ2) is 6.28. The molecule has 0 bridgehead atoms. The van der Waals surface area contributed by atoms with Crippen LogP contribution < -0.4 is 15.1 Å². The van der Waals surface area contributed by atoms with E-state index in [1.54, 1.807) is 0 Å². The fourth-order valence-electron chi connectivity index (χ4n) is 2.39. The number of ether oxygens (including phenoxy) is 2. The summed E-state index contributed by atoms with van der Waals surface area (Å²) in [6.07, 6.45) is 2.54. The summed E-state index contributed by atoms with van der Waals surface area (Å²) in [6, 6.07) is 16.5. The van der Waals surface area contributed by atoms with Crippen LogP contribution in [0.1, 0.15) is 12.8 Å². The standard InChI is InChI=1S/C19H17NO4/c21-19-11-18(20-24-19)14-6-8-15(9-7-14)23-17-3-1-2-16(10-17)22-12-13-4-5-13/h1-3,6-11,13,20H,4-5,12H2. The van der Waals surface area contributed by atoms with Crippen LogP contribution in [0.4, 0.5) is 0 Å². The van der Waals surface area contributed by atoms with Crippen molar-refractivity contribution < 1.29 is 14.0 Å². The summed E-state index contributed by atoms with van der Waals surface area (Å²) in [7, 11) is 0. The summed E-state index contributed by atoms with van der Waals surface area (Å²) in [5.74, 6) is 2.99. The van der Waals surface area contributed by atoms with Gasteiger partial charge in [0.25, 0.3) is 0 Å². The molecule has 122 valence electrons. The molecule has 1 saturated carbocycles. The van der Waals surface area contributed by atoms with Gasteiger partial charge in [-0.1, -0.05) is 6.07 Å². The molecule has 1 aliphatic rings. The molecule has 1 fully saturated rings. The molecule has 0 spiro atoms. The van der Waals surface area contributed by atoms with Gasteiger partial charge in [-0.15, -0.1) is 0 Å². The molecular formula is C19H17NO4. The number of aromatic amines is 1. The van der Waals surface area contributed by atoms with E-state index < -0.39 is 5.63 Å². The van der Waals surface area contributed by atoms with E-state index in [1.807, 2.05) is 48.5 Å². The largest absolute Gasteiger partial charge is 0.493 e. The van der Waals surface area contributed by atoms with Gasteiger partial charge in [0.1, 0.15) is 17.2 Å². The Labute approximate surface area is 138 Å². The maximum atomic E-state index is 11.1. The quantitative estimate of drug-likeness (QED) is 0.738. The van der Waals surface area contributed by atoms with Crippen molar-refractivity contribution in [2.45, 2.75) is 12.8 Å². The second-order valence-corrected chi connectivity index (χ2v) is 5.94. The molecule has 1 aliphatic carbocycles. The van der Waals surface area contributed by atoms with Crippen molar-refractivity contribution in [2.75, 3.05) is 6.61 Å². The summed E-state index contributed by atoms with van der Waals surface area (Å²) < 4.78 is 16.3. The van der Waals surface area contributed by atoms with Crippen molar-refractivity contribution in [3.05, 3.63) is 65.0 Å². The van der Waals surface area contributed by atoms with E-state index in [0.717, 1.165) is 29.6 Å². The van der Waals surface area contributed by atoms with Gasteiger partial charge < -0.3 is 14.0 Å². The average molecular weight is 323 g/mol. The lowest BCUT2D eigenvalue weighted by Crippen LogP contribution is -1.98. The number of hydrogen-bond acceptors (Lipinski definition) is 4. The summed E-state index contributed by atoms with van der Waals surface area (Å²) in [5, 5.41) is 2.58. The van der Waals surface area contributed by atoms with Crippen molar-refractivity contribution >= 4 is 0 Å². The van der Waals surface area contributed by atoms with E-state index in [0.29, 0.717) is 11.4 Å². The highest BCUT2D eigenvalue weighted by Gasteiger charge is 2.21. The van der Waals surface area contributed by atoms with Crippen molar-refractivity contribution in [3.8, 4) is 28.5 Å².